The van der Waals surface area contributed by atoms with Gasteiger partial charge in [-0.15, -0.1) is 0 Å². The molecule has 1 aromatic heterocycles. The summed E-state index contributed by atoms with van der Waals surface area (Å²) in [5.74, 6) is 0.808. The highest BCUT2D eigenvalue weighted by Crippen LogP contribution is 2.28. The molecule has 0 saturated carbocycles. The Hall–Kier alpha value is -1.94. The molecule has 1 heterocycles. The van der Waals surface area contributed by atoms with Gasteiger partial charge in [0.15, 0.2) is 0 Å². The highest BCUT2D eigenvalue weighted by Gasteiger charge is 2.05. The van der Waals surface area contributed by atoms with Crippen molar-refractivity contribution in [1.82, 2.24) is 9.97 Å². The molecule has 0 fully saturated rings. The van der Waals surface area contributed by atoms with Crippen LogP contribution in [0.2, 0.25) is 0 Å². The van der Waals surface area contributed by atoms with E-state index in [1.165, 1.54) is 6.33 Å². The third kappa shape index (κ3) is 2.35. The van der Waals surface area contributed by atoms with Crippen molar-refractivity contribution < 1.29 is 4.74 Å². The van der Waals surface area contributed by atoms with Gasteiger partial charge in [0, 0.05) is 30.1 Å². The van der Waals surface area contributed by atoms with E-state index in [0.717, 1.165) is 16.9 Å². The second-order valence-electron chi connectivity index (χ2n) is 3.26. The molecule has 0 amide bonds. The summed E-state index contributed by atoms with van der Waals surface area (Å²) in [5.41, 5.74) is 7.34. The average Bonchev–Trinajstić information content (AvgIpc) is 2.38. The first-order chi connectivity index (χ1) is 7.92. The number of para-hydroxylation sites is 1. The van der Waals surface area contributed by atoms with Crippen LogP contribution in [0.4, 0.5) is 0 Å². The number of benzene rings is 1. The molecule has 0 atom stereocenters. The van der Waals surface area contributed by atoms with Crippen LogP contribution in [0.25, 0.3) is 11.1 Å². The monoisotopic (exact) mass is 215 g/mol. The Morgan fingerprint density at radius 3 is 2.62 bits per heavy atom. The molecule has 0 saturated heterocycles. The van der Waals surface area contributed by atoms with E-state index in [2.05, 4.69) is 9.97 Å². The SMILES string of the molecule is NCCOc1ccccc1-c1cncnc1. The second-order valence-corrected chi connectivity index (χ2v) is 3.26. The predicted octanol–water partition coefficient (Wildman–Crippen LogP) is 1.48. The predicted molar refractivity (Wildman–Crippen MR) is 62.0 cm³/mol. The summed E-state index contributed by atoms with van der Waals surface area (Å²) in [5, 5.41) is 0. The lowest BCUT2D eigenvalue weighted by atomic mass is 10.1. The first-order valence-electron chi connectivity index (χ1n) is 5.09. The zero-order valence-electron chi connectivity index (χ0n) is 8.84. The van der Waals surface area contributed by atoms with Crippen molar-refractivity contribution in [1.29, 1.82) is 0 Å². The number of aromatic nitrogens is 2. The lowest BCUT2D eigenvalue weighted by Gasteiger charge is -2.09. The van der Waals surface area contributed by atoms with Crippen LogP contribution in [-0.2, 0) is 0 Å². The summed E-state index contributed by atoms with van der Waals surface area (Å²) < 4.78 is 5.56. The maximum Gasteiger partial charge on any atom is 0.127 e. The molecule has 1 aromatic carbocycles. The van der Waals surface area contributed by atoms with E-state index in [4.69, 9.17) is 10.5 Å². The van der Waals surface area contributed by atoms with Gasteiger partial charge in [0.2, 0.25) is 0 Å². The van der Waals surface area contributed by atoms with Gasteiger partial charge in [-0.05, 0) is 6.07 Å². The van der Waals surface area contributed by atoms with Gasteiger partial charge in [-0.1, -0.05) is 18.2 Å². The fourth-order valence-electron chi connectivity index (χ4n) is 1.44. The Morgan fingerprint density at radius 1 is 1.12 bits per heavy atom. The largest absolute Gasteiger partial charge is 0.492 e. The number of hydrogen-bond donors (Lipinski definition) is 1. The molecule has 4 heteroatoms. The maximum atomic E-state index is 5.56. The Balaban J connectivity index is 2.33. The molecule has 2 aromatic rings. The Kier molecular flexibility index (Phi) is 3.46. The molecular weight excluding hydrogens is 202 g/mol. The average molecular weight is 215 g/mol. The van der Waals surface area contributed by atoms with E-state index >= 15 is 0 Å². The Bertz CT molecular complexity index is 445. The van der Waals surface area contributed by atoms with Crippen LogP contribution in [0.15, 0.2) is 43.0 Å². The third-order valence-electron chi connectivity index (χ3n) is 2.13. The summed E-state index contributed by atoms with van der Waals surface area (Å²) in [6.07, 6.45) is 5.03. The molecule has 2 rings (SSSR count). The van der Waals surface area contributed by atoms with Gasteiger partial charge in [0.05, 0.1) is 0 Å². The van der Waals surface area contributed by atoms with Gasteiger partial charge in [-0.25, -0.2) is 9.97 Å². The molecule has 0 bridgehead atoms. The smallest absolute Gasteiger partial charge is 0.127 e. The third-order valence-corrected chi connectivity index (χ3v) is 2.13. The number of nitrogens with zero attached hydrogens (tertiary/aromatic N) is 2. The quantitative estimate of drug-likeness (QED) is 0.839. The summed E-state index contributed by atoms with van der Waals surface area (Å²) in [4.78, 5) is 7.98. The highest BCUT2D eigenvalue weighted by molar-refractivity contribution is 5.68. The van der Waals surface area contributed by atoms with Crippen LogP contribution in [0.5, 0.6) is 5.75 Å². The van der Waals surface area contributed by atoms with Crippen molar-refractivity contribution in [2.24, 2.45) is 5.73 Å². The van der Waals surface area contributed by atoms with Crippen molar-refractivity contribution in [3.8, 4) is 16.9 Å². The minimum Gasteiger partial charge on any atom is -0.492 e. The molecule has 0 aliphatic rings. The molecule has 16 heavy (non-hydrogen) atoms. The van der Waals surface area contributed by atoms with Gasteiger partial charge in [-0.3, -0.25) is 0 Å². The lowest BCUT2D eigenvalue weighted by molar-refractivity contribution is 0.329. The minimum absolute atomic E-state index is 0.500. The van der Waals surface area contributed by atoms with Gasteiger partial charge in [0.25, 0.3) is 0 Å². The fraction of sp³-hybridized carbons (Fsp3) is 0.167. The van der Waals surface area contributed by atoms with Gasteiger partial charge >= 0.3 is 0 Å². The molecule has 0 radical (unpaired) electrons. The van der Waals surface area contributed by atoms with Crippen molar-refractivity contribution in [2.45, 2.75) is 0 Å². The Labute approximate surface area is 94.1 Å². The highest BCUT2D eigenvalue weighted by atomic mass is 16.5. The summed E-state index contributed by atoms with van der Waals surface area (Å²) in [7, 11) is 0. The topological polar surface area (TPSA) is 61.0 Å². The zero-order valence-corrected chi connectivity index (χ0v) is 8.84. The van der Waals surface area contributed by atoms with Crippen molar-refractivity contribution in [3.05, 3.63) is 43.0 Å². The molecule has 0 unspecified atom stereocenters. The lowest BCUT2D eigenvalue weighted by Crippen LogP contribution is -2.11. The van der Waals surface area contributed by atoms with E-state index in [1.807, 2.05) is 24.3 Å². The molecule has 0 spiro atoms. The van der Waals surface area contributed by atoms with E-state index in [9.17, 15) is 0 Å². The second kappa shape index (κ2) is 5.23. The fourth-order valence-corrected chi connectivity index (χ4v) is 1.44. The number of nitrogens with two attached hydrogens (primary N) is 1. The minimum atomic E-state index is 0.500. The maximum absolute atomic E-state index is 5.56. The molecule has 82 valence electrons. The zero-order chi connectivity index (χ0) is 11.2. The molecular formula is C12H13N3O. The van der Waals surface area contributed by atoms with Crippen molar-refractivity contribution >= 4 is 0 Å². The summed E-state index contributed by atoms with van der Waals surface area (Å²) >= 11 is 0. The first-order valence-corrected chi connectivity index (χ1v) is 5.09. The van der Waals surface area contributed by atoms with E-state index < -0.39 is 0 Å². The van der Waals surface area contributed by atoms with E-state index in [1.54, 1.807) is 12.4 Å². The summed E-state index contributed by atoms with van der Waals surface area (Å²) in [6.45, 7) is 1.00. The molecule has 0 aliphatic heterocycles. The molecule has 0 aliphatic carbocycles. The van der Waals surface area contributed by atoms with E-state index in [0.29, 0.717) is 13.2 Å². The molecule has 2 N–H and O–H groups in total. The normalized spacial score (nSPS) is 10.1. The van der Waals surface area contributed by atoms with Crippen LogP contribution < -0.4 is 10.5 Å². The standard InChI is InChI=1S/C12H13N3O/c13-5-6-16-12-4-2-1-3-11(12)10-7-14-9-15-8-10/h1-4,7-9H,5-6,13H2. The van der Waals surface area contributed by atoms with Gasteiger partial charge in [0.1, 0.15) is 18.7 Å². The van der Waals surface area contributed by atoms with Crippen LogP contribution in [0.3, 0.4) is 0 Å². The van der Waals surface area contributed by atoms with Crippen molar-refractivity contribution in [2.75, 3.05) is 13.2 Å². The number of hydrogen-bond acceptors (Lipinski definition) is 4. The van der Waals surface area contributed by atoms with E-state index in [-0.39, 0.29) is 0 Å². The Morgan fingerprint density at radius 2 is 1.88 bits per heavy atom. The van der Waals surface area contributed by atoms with Gasteiger partial charge < -0.3 is 10.5 Å². The van der Waals surface area contributed by atoms with Crippen LogP contribution >= 0.6 is 0 Å². The van der Waals surface area contributed by atoms with Crippen LogP contribution in [0.1, 0.15) is 0 Å². The van der Waals surface area contributed by atoms with Crippen LogP contribution in [0, 0.1) is 0 Å². The summed E-state index contributed by atoms with van der Waals surface area (Å²) in [6, 6.07) is 7.78. The van der Waals surface area contributed by atoms with Crippen LogP contribution in [-0.4, -0.2) is 23.1 Å². The number of rotatable bonds is 4. The number of ether oxygens (including phenoxy) is 1. The van der Waals surface area contributed by atoms with Gasteiger partial charge in [-0.2, -0.15) is 0 Å². The first kappa shape index (κ1) is 10.6. The molecule has 4 nitrogen and oxygen atoms in total. The van der Waals surface area contributed by atoms with Crippen molar-refractivity contribution in [3.63, 3.8) is 0 Å².